The van der Waals surface area contributed by atoms with Crippen molar-refractivity contribution in [3.05, 3.63) is 69.8 Å². The average Bonchev–Trinajstić information content (AvgIpc) is 2.71. The molecule has 2 N–H and O–H groups in total. The Labute approximate surface area is 193 Å². The summed E-state index contributed by atoms with van der Waals surface area (Å²) >= 11 is 0. The number of carbonyl (C=O) groups is 1. The highest BCUT2D eigenvalue weighted by atomic mass is 32.2. The van der Waals surface area contributed by atoms with Crippen molar-refractivity contribution < 1.29 is 13.2 Å². The average molecular weight is 460 g/mol. The highest BCUT2D eigenvalue weighted by Crippen LogP contribution is 2.21. The number of piperidine rings is 1. The Hall–Kier alpha value is -2.22. The monoisotopic (exact) mass is 459 g/mol. The summed E-state index contributed by atoms with van der Waals surface area (Å²) in [7, 11) is -1.55. The van der Waals surface area contributed by atoms with E-state index in [2.05, 4.69) is 28.6 Å². The number of carbonyl (C=O) groups excluding carboxylic acids is 1. The molecule has 0 radical (unpaired) electrons. The van der Waals surface area contributed by atoms with Crippen LogP contribution in [0.1, 0.15) is 55.1 Å². The fraction of sp³-hybridized carbons (Fsp3) is 0.480. The maximum atomic E-state index is 12.9. The number of nitrogens with zero attached hydrogens (tertiary/aromatic N) is 1. The molecular formula is C25H37N3O3S. The van der Waals surface area contributed by atoms with Crippen LogP contribution < -0.4 is 10.0 Å². The molecule has 1 saturated heterocycles. The van der Waals surface area contributed by atoms with Crippen molar-refractivity contribution in [2.75, 3.05) is 20.1 Å². The standard InChI is InChI=1S/C25H37N3O3S/c1-8-24(26-25(29)23-10-9-17(2)15-18(23)3)19(4)16-20(5)32(30,31)27-21(6)22-11-13-28(7)14-12-22/h8-10,15-16,21-22,27H,1,11-14H2,2-7H3,(H,26,29)/b20-16+,24-19+/t21-/m1/s1. The molecule has 1 heterocycles. The molecule has 6 nitrogen and oxygen atoms in total. The van der Waals surface area contributed by atoms with Gasteiger partial charge in [-0.05, 0) is 103 Å². The molecule has 2 rings (SSSR count). The molecule has 1 fully saturated rings. The van der Waals surface area contributed by atoms with Gasteiger partial charge in [-0.15, -0.1) is 0 Å². The maximum Gasteiger partial charge on any atom is 0.255 e. The molecule has 1 atom stereocenters. The van der Waals surface area contributed by atoms with E-state index in [-0.39, 0.29) is 16.9 Å². The highest BCUT2D eigenvalue weighted by Gasteiger charge is 2.26. The lowest BCUT2D eigenvalue weighted by molar-refractivity contribution is 0.0966. The van der Waals surface area contributed by atoms with Gasteiger partial charge in [-0.25, -0.2) is 13.1 Å². The first kappa shape index (κ1) is 26.0. The Morgan fingerprint density at radius 2 is 1.84 bits per heavy atom. The molecule has 0 spiro atoms. The third kappa shape index (κ3) is 6.89. The highest BCUT2D eigenvalue weighted by molar-refractivity contribution is 7.93. The Morgan fingerprint density at radius 1 is 1.22 bits per heavy atom. The van der Waals surface area contributed by atoms with Crippen LogP contribution in [0, 0.1) is 19.8 Å². The summed E-state index contributed by atoms with van der Waals surface area (Å²) in [5, 5.41) is 2.85. The summed E-state index contributed by atoms with van der Waals surface area (Å²) in [4.78, 5) is 15.2. The first-order chi connectivity index (χ1) is 14.9. The van der Waals surface area contributed by atoms with E-state index >= 15 is 0 Å². The predicted molar refractivity (Wildman–Crippen MR) is 132 cm³/mol. The van der Waals surface area contributed by atoms with Crippen LogP contribution in [-0.2, 0) is 10.0 Å². The Bertz CT molecular complexity index is 1020. The quantitative estimate of drug-likeness (QED) is 0.575. The zero-order valence-electron chi connectivity index (χ0n) is 20.2. The van der Waals surface area contributed by atoms with E-state index in [1.807, 2.05) is 32.9 Å². The van der Waals surface area contributed by atoms with E-state index in [1.54, 1.807) is 26.0 Å². The van der Waals surface area contributed by atoms with Gasteiger partial charge in [0, 0.05) is 17.3 Å². The van der Waals surface area contributed by atoms with Gasteiger partial charge in [0.25, 0.3) is 5.91 Å². The molecule has 1 aliphatic heterocycles. The first-order valence-corrected chi connectivity index (χ1v) is 12.5. The molecule has 1 aromatic rings. The maximum absolute atomic E-state index is 12.9. The van der Waals surface area contributed by atoms with Crippen molar-refractivity contribution in [2.24, 2.45) is 5.92 Å². The largest absolute Gasteiger partial charge is 0.322 e. The Kier molecular flexibility index (Phi) is 9.01. The summed E-state index contributed by atoms with van der Waals surface area (Å²) in [6.45, 7) is 14.9. The van der Waals surface area contributed by atoms with Gasteiger partial charge in [0.05, 0.1) is 4.91 Å². The minimum Gasteiger partial charge on any atom is -0.322 e. The normalized spacial score (nSPS) is 18.1. The number of rotatable bonds is 8. The smallest absolute Gasteiger partial charge is 0.255 e. The van der Waals surface area contributed by atoms with Crippen LogP contribution in [0.2, 0.25) is 0 Å². The third-order valence-corrected chi connectivity index (χ3v) is 7.81. The number of nitrogens with one attached hydrogen (secondary N) is 2. The number of likely N-dealkylation sites (tertiary alicyclic amines) is 1. The van der Waals surface area contributed by atoms with Gasteiger partial charge in [0.15, 0.2) is 0 Å². The second kappa shape index (κ2) is 11.1. The SMILES string of the molecule is C=C/C(NC(=O)c1ccc(C)cc1C)=C(C)\C=C(/C)S(=O)(=O)N[C@H](C)C1CCN(C)CC1. The predicted octanol–water partition coefficient (Wildman–Crippen LogP) is 4.05. The van der Waals surface area contributed by atoms with Gasteiger partial charge in [-0.2, -0.15) is 0 Å². The van der Waals surface area contributed by atoms with Gasteiger partial charge < -0.3 is 10.2 Å². The molecule has 0 aromatic heterocycles. The van der Waals surface area contributed by atoms with E-state index in [4.69, 9.17) is 0 Å². The number of allylic oxidation sites excluding steroid dienone is 4. The van der Waals surface area contributed by atoms with Crippen molar-refractivity contribution >= 4 is 15.9 Å². The minimum atomic E-state index is -3.63. The van der Waals surface area contributed by atoms with Crippen molar-refractivity contribution in [3.8, 4) is 0 Å². The van der Waals surface area contributed by atoms with Crippen LogP contribution >= 0.6 is 0 Å². The van der Waals surface area contributed by atoms with Crippen LogP contribution in [-0.4, -0.2) is 45.4 Å². The Morgan fingerprint density at radius 3 is 2.41 bits per heavy atom. The number of aryl methyl sites for hydroxylation is 2. The fourth-order valence-electron chi connectivity index (χ4n) is 3.99. The fourth-order valence-corrected chi connectivity index (χ4v) is 5.19. The molecule has 0 aliphatic carbocycles. The zero-order chi connectivity index (χ0) is 24.1. The summed E-state index contributed by atoms with van der Waals surface area (Å²) < 4.78 is 28.6. The van der Waals surface area contributed by atoms with Crippen molar-refractivity contribution in [3.63, 3.8) is 0 Å². The van der Waals surface area contributed by atoms with Crippen molar-refractivity contribution in [1.82, 2.24) is 14.9 Å². The number of hydrogen-bond acceptors (Lipinski definition) is 4. The van der Waals surface area contributed by atoms with Gasteiger partial charge >= 0.3 is 0 Å². The van der Waals surface area contributed by atoms with Crippen LogP contribution in [0.5, 0.6) is 0 Å². The molecule has 1 amide bonds. The lowest BCUT2D eigenvalue weighted by Gasteiger charge is -2.32. The Balaban J connectivity index is 2.15. The molecule has 0 bridgehead atoms. The minimum absolute atomic E-state index is 0.135. The van der Waals surface area contributed by atoms with Crippen LogP contribution in [0.3, 0.4) is 0 Å². The first-order valence-electron chi connectivity index (χ1n) is 11.1. The second-order valence-corrected chi connectivity index (χ2v) is 10.8. The van der Waals surface area contributed by atoms with Gasteiger partial charge in [-0.3, -0.25) is 4.79 Å². The van der Waals surface area contributed by atoms with E-state index in [0.717, 1.165) is 37.1 Å². The summed E-state index contributed by atoms with van der Waals surface area (Å²) in [6.07, 6.45) is 5.06. The van der Waals surface area contributed by atoms with Crippen LogP contribution in [0.15, 0.2) is 53.1 Å². The van der Waals surface area contributed by atoms with Gasteiger partial charge in [0.1, 0.15) is 0 Å². The van der Waals surface area contributed by atoms with Crippen molar-refractivity contribution in [2.45, 2.75) is 53.5 Å². The topological polar surface area (TPSA) is 78.5 Å². The van der Waals surface area contributed by atoms with Crippen molar-refractivity contribution in [1.29, 1.82) is 0 Å². The second-order valence-electron chi connectivity index (χ2n) is 8.88. The van der Waals surface area contributed by atoms with E-state index in [9.17, 15) is 13.2 Å². The summed E-state index contributed by atoms with van der Waals surface area (Å²) in [5.41, 5.74) is 3.64. The zero-order valence-corrected chi connectivity index (χ0v) is 21.0. The van der Waals surface area contributed by atoms with Crippen LogP contribution in [0.4, 0.5) is 0 Å². The van der Waals surface area contributed by atoms with E-state index in [1.165, 1.54) is 6.08 Å². The molecule has 7 heteroatoms. The molecule has 176 valence electrons. The third-order valence-electron chi connectivity index (χ3n) is 6.16. The lowest BCUT2D eigenvalue weighted by atomic mass is 9.91. The molecule has 0 unspecified atom stereocenters. The van der Waals surface area contributed by atoms with E-state index < -0.39 is 10.0 Å². The summed E-state index contributed by atoms with van der Waals surface area (Å²) in [5.74, 6) is 0.0749. The van der Waals surface area contributed by atoms with Gasteiger partial charge in [-0.1, -0.05) is 24.3 Å². The number of sulfonamides is 1. The molecular weight excluding hydrogens is 422 g/mol. The molecule has 0 saturated carbocycles. The molecule has 1 aromatic carbocycles. The van der Waals surface area contributed by atoms with Crippen LogP contribution in [0.25, 0.3) is 0 Å². The summed E-state index contributed by atoms with van der Waals surface area (Å²) in [6, 6.07) is 5.49. The number of hydrogen-bond donors (Lipinski definition) is 2. The molecule has 32 heavy (non-hydrogen) atoms. The van der Waals surface area contributed by atoms with E-state index in [0.29, 0.717) is 22.8 Å². The van der Waals surface area contributed by atoms with Gasteiger partial charge in [0.2, 0.25) is 10.0 Å². The number of amides is 1. The molecule has 1 aliphatic rings. The number of benzene rings is 1. The lowest BCUT2D eigenvalue weighted by Crippen LogP contribution is -2.43.